The Morgan fingerprint density at radius 3 is 2.86 bits per heavy atom. The molecule has 1 aliphatic heterocycles. The van der Waals surface area contributed by atoms with Crippen LogP contribution in [0, 0.1) is 5.92 Å². The van der Waals surface area contributed by atoms with Crippen molar-refractivity contribution in [2.24, 2.45) is 5.92 Å². The molecule has 1 fully saturated rings. The van der Waals surface area contributed by atoms with Crippen LogP contribution in [0.1, 0.15) is 39.0 Å². The van der Waals surface area contributed by atoms with E-state index in [9.17, 15) is 0 Å². The summed E-state index contributed by atoms with van der Waals surface area (Å²) in [6.45, 7) is 6.40. The largest absolute Gasteiger partial charge is 0.396 e. The van der Waals surface area contributed by atoms with Gasteiger partial charge in [0.05, 0.1) is 0 Å². The summed E-state index contributed by atoms with van der Waals surface area (Å²) in [4.78, 5) is 0. The van der Waals surface area contributed by atoms with E-state index in [2.05, 4.69) is 25.3 Å². The van der Waals surface area contributed by atoms with Crippen molar-refractivity contribution in [3.8, 4) is 0 Å². The molecule has 1 saturated heterocycles. The Balaban J connectivity index is 2.42. The average Bonchev–Trinajstić information content (AvgIpc) is 2.18. The van der Waals surface area contributed by atoms with E-state index in [1.54, 1.807) is 0 Å². The lowest BCUT2D eigenvalue weighted by Gasteiger charge is -2.29. The Bertz CT molecular complexity index is 173. The molecule has 0 amide bonds. The van der Waals surface area contributed by atoms with Crippen molar-refractivity contribution < 1.29 is 5.11 Å². The molecule has 14 heavy (non-hydrogen) atoms. The molecule has 2 atom stereocenters. The quantitative estimate of drug-likeness (QED) is 0.709. The first-order valence-electron chi connectivity index (χ1n) is 5.61. The zero-order valence-corrected chi connectivity index (χ0v) is 9.98. The highest BCUT2D eigenvalue weighted by atomic mass is 32.2. The second-order valence-electron chi connectivity index (χ2n) is 4.34. The van der Waals surface area contributed by atoms with Crippen LogP contribution in [-0.4, -0.2) is 22.7 Å². The molecule has 0 aromatic heterocycles. The van der Waals surface area contributed by atoms with Crippen molar-refractivity contribution in [3.05, 3.63) is 12.2 Å². The van der Waals surface area contributed by atoms with Gasteiger partial charge < -0.3 is 5.11 Å². The molecule has 0 aromatic rings. The number of allylic oxidation sites excluding steroid dienone is 1. The molecule has 0 radical (unpaired) electrons. The summed E-state index contributed by atoms with van der Waals surface area (Å²) >= 11 is 2.10. The molecule has 2 heteroatoms. The van der Waals surface area contributed by atoms with Gasteiger partial charge in [-0.25, -0.2) is 0 Å². The van der Waals surface area contributed by atoms with E-state index in [0.29, 0.717) is 12.5 Å². The van der Waals surface area contributed by atoms with Crippen molar-refractivity contribution >= 4 is 11.8 Å². The highest BCUT2D eigenvalue weighted by Crippen LogP contribution is 2.35. The van der Waals surface area contributed by atoms with Crippen LogP contribution in [0.4, 0.5) is 0 Å². The number of thioether (sulfide) groups is 1. The molecule has 0 aromatic carbocycles. The zero-order chi connectivity index (χ0) is 10.4. The normalized spacial score (nSPS) is 24.6. The summed E-state index contributed by atoms with van der Waals surface area (Å²) < 4.78 is 0. The van der Waals surface area contributed by atoms with E-state index >= 15 is 0 Å². The first-order valence-corrected chi connectivity index (χ1v) is 6.65. The summed E-state index contributed by atoms with van der Waals surface area (Å²) in [6.07, 6.45) is 6.13. The van der Waals surface area contributed by atoms with E-state index < -0.39 is 0 Å². The van der Waals surface area contributed by atoms with Crippen LogP contribution >= 0.6 is 11.8 Å². The van der Waals surface area contributed by atoms with Gasteiger partial charge in [-0.15, -0.1) is 6.58 Å². The monoisotopic (exact) mass is 214 g/mol. The lowest BCUT2D eigenvalue weighted by atomic mass is 9.91. The van der Waals surface area contributed by atoms with E-state index in [1.165, 1.54) is 30.6 Å². The molecular formula is C12H22OS. The van der Waals surface area contributed by atoms with Crippen LogP contribution in [0.5, 0.6) is 0 Å². The lowest BCUT2D eigenvalue weighted by Crippen LogP contribution is -2.22. The Labute approximate surface area is 92.0 Å². The molecule has 0 bridgehead atoms. The molecule has 0 aliphatic carbocycles. The zero-order valence-electron chi connectivity index (χ0n) is 9.17. The van der Waals surface area contributed by atoms with Gasteiger partial charge in [0.25, 0.3) is 0 Å². The first-order chi connectivity index (χ1) is 6.74. The summed E-state index contributed by atoms with van der Waals surface area (Å²) in [7, 11) is 0. The van der Waals surface area contributed by atoms with Crippen molar-refractivity contribution in [3.63, 3.8) is 0 Å². The second-order valence-corrected chi connectivity index (χ2v) is 5.69. The topological polar surface area (TPSA) is 20.2 Å². The molecule has 1 N–H and O–H groups in total. The van der Waals surface area contributed by atoms with Crippen molar-refractivity contribution in [2.75, 3.05) is 12.4 Å². The molecule has 2 unspecified atom stereocenters. The first kappa shape index (κ1) is 12.1. The number of rotatable bonds is 5. The number of aliphatic hydroxyl groups is 1. The van der Waals surface area contributed by atoms with Gasteiger partial charge in [0.2, 0.25) is 0 Å². The summed E-state index contributed by atoms with van der Waals surface area (Å²) in [6, 6.07) is 0. The third-order valence-electron chi connectivity index (χ3n) is 2.85. The van der Waals surface area contributed by atoms with Crippen molar-refractivity contribution in [2.45, 2.75) is 44.3 Å². The maximum Gasteiger partial charge on any atom is 0.0434 e. The fourth-order valence-corrected chi connectivity index (χ4v) is 3.68. The lowest BCUT2D eigenvalue weighted by molar-refractivity contribution is 0.251. The number of hydrogen-bond acceptors (Lipinski definition) is 2. The highest BCUT2D eigenvalue weighted by molar-refractivity contribution is 7.99. The van der Waals surface area contributed by atoms with Gasteiger partial charge >= 0.3 is 0 Å². The average molecular weight is 214 g/mol. The van der Waals surface area contributed by atoms with Gasteiger partial charge in [0.15, 0.2) is 0 Å². The van der Waals surface area contributed by atoms with Crippen LogP contribution < -0.4 is 0 Å². The predicted octanol–water partition coefficient (Wildman–Crippen LogP) is 3.24. The summed E-state index contributed by atoms with van der Waals surface area (Å²) in [5.41, 5.74) is 1.26. The summed E-state index contributed by atoms with van der Waals surface area (Å²) in [5.74, 6) is 1.96. The predicted molar refractivity (Wildman–Crippen MR) is 64.7 cm³/mol. The molecule has 82 valence electrons. The van der Waals surface area contributed by atoms with Gasteiger partial charge in [-0.05, 0) is 44.3 Å². The third kappa shape index (κ3) is 4.05. The SMILES string of the molecule is C=C(C)CC(CCO)C1CCCCS1. The van der Waals surface area contributed by atoms with E-state index in [4.69, 9.17) is 5.11 Å². The van der Waals surface area contributed by atoms with Crippen LogP contribution in [0.2, 0.25) is 0 Å². The standard InChI is InChI=1S/C12H22OS/c1-10(2)9-11(6-7-13)12-5-3-4-8-14-12/h11-13H,1,3-9H2,2H3. The van der Waals surface area contributed by atoms with E-state index in [0.717, 1.165) is 18.1 Å². The Morgan fingerprint density at radius 1 is 1.57 bits per heavy atom. The third-order valence-corrected chi connectivity index (χ3v) is 4.42. The van der Waals surface area contributed by atoms with Gasteiger partial charge in [-0.3, -0.25) is 0 Å². The molecule has 1 aliphatic rings. The fourth-order valence-electron chi connectivity index (χ4n) is 2.17. The molecule has 1 rings (SSSR count). The van der Waals surface area contributed by atoms with Crippen LogP contribution in [0.25, 0.3) is 0 Å². The van der Waals surface area contributed by atoms with Gasteiger partial charge in [-0.1, -0.05) is 12.0 Å². The fraction of sp³-hybridized carbons (Fsp3) is 0.833. The smallest absolute Gasteiger partial charge is 0.0434 e. The number of aliphatic hydroxyl groups excluding tert-OH is 1. The summed E-state index contributed by atoms with van der Waals surface area (Å²) in [5, 5.41) is 9.81. The molecular weight excluding hydrogens is 192 g/mol. The van der Waals surface area contributed by atoms with E-state index in [-0.39, 0.29) is 0 Å². The molecule has 0 spiro atoms. The van der Waals surface area contributed by atoms with Crippen molar-refractivity contribution in [1.29, 1.82) is 0 Å². The minimum absolute atomic E-state index is 0.328. The Kier molecular flexibility index (Phi) is 5.64. The maximum atomic E-state index is 9.04. The number of hydrogen-bond donors (Lipinski definition) is 1. The van der Waals surface area contributed by atoms with E-state index in [1.807, 2.05) is 0 Å². The molecule has 0 saturated carbocycles. The maximum absolute atomic E-state index is 9.04. The second kappa shape index (κ2) is 6.52. The van der Waals surface area contributed by atoms with Gasteiger partial charge in [0, 0.05) is 11.9 Å². The van der Waals surface area contributed by atoms with Crippen molar-refractivity contribution in [1.82, 2.24) is 0 Å². The van der Waals surface area contributed by atoms with Crippen LogP contribution in [-0.2, 0) is 0 Å². The van der Waals surface area contributed by atoms with Gasteiger partial charge in [-0.2, -0.15) is 11.8 Å². The minimum Gasteiger partial charge on any atom is -0.396 e. The molecule has 1 heterocycles. The highest BCUT2D eigenvalue weighted by Gasteiger charge is 2.23. The van der Waals surface area contributed by atoms with Gasteiger partial charge in [0.1, 0.15) is 0 Å². The minimum atomic E-state index is 0.328. The Morgan fingerprint density at radius 2 is 2.36 bits per heavy atom. The van der Waals surface area contributed by atoms with Crippen LogP contribution in [0.15, 0.2) is 12.2 Å². The van der Waals surface area contributed by atoms with Crippen LogP contribution in [0.3, 0.4) is 0 Å². The Hall–Kier alpha value is 0.0500. The molecule has 1 nitrogen and oxygen atoms in total.